The number of nitrogens with two attached hydrogens (primary N) is 1. The quantitative estimate of drug-likeness (QED) is 0.867. The number of rotatable bonds is 3. The first-order valence-electron chi connectivity index (χ1n) is 8.56. The smallest absolute Gasteiger partial charge is 0.256 e. The molecular formula is C20H24ClN3O2. The number of piperidine rings is 1. The Bertz CT molecular complexity index is 794. The van der Waals surface area contributed by atoms with Crippen molar-refractivity contribution in [2.45, 2.75) is 25.8 Å². The van der Waals surface area contributed by atoms with E-state index in [0.29, 0.717) is 29.9 Å². The van der Waals surface area contributed by atoms with Crippen LogP contribution in [-0.2, 0) is 0 Å². The van der Waals surface area contributed by atoms with Gasteiger partial charge in [-0.25, -0.2) is 0 Å². The van der Waals surface area contributed by atoms with Crippen molar-refractivity contribution in [3.63, 3.8) is 0 Å². The van der Waals surface area contributed by atoms with E-state index in [2.05, 4.69) is 5.32 Å². The van der Waals surface area contributed by atoms with E-state index in [1.165, 1.54) is 0 Å². The minimum Gasteiger partial charge on any atom is -0.337 e. The number of halogens is 1. The molecule has 0 bridgehead atoms. The predicted molar refractivity (Wildman–Crippen MR) is 106 cm³/mol. The van der Waals surface area contributed by atoms with Crippen molar-refractivity contribution >= 4 is 29.9 Å². The second-order valence-corrected chi connectivity index (χ2v) is 6.52. The first-order chi connectivity index (χ1) is 12.0. The highest BCUT2D eigenvalue weighted by molar-refractivity contribution is 6.09. The van der Waals surface area contributed by atoms with E-state index in [4.69, 9.17) is 5.73 Å². The first-order valence-corrected chi connectivity index (χ1v) is 8.56. The molecule has 1 fully saturated rings. The monoisotopic (exact) mass is 373 g/mol. The van der Waals surface area contributed by atoms with Crippen LogP contribution in [-0.4, -0.2) is 35.8 Å². The van der Waals surface area contributed by atoms with Gasteiger partial charge in [0.05, 0.1) is 11.3 Å². The third kappa shape index (κ3) is 4.62. The molecule has 1 saturated heterocycles. The molecule has 2 aromatic rings. The fourth-order valence-corrected chi connectivity index (χ4v) is 3.12. The van der Waals surface area contributed by atoms with Gasteiger partial charge in [0.2, 0.25) is 0 Å². The van der Waals surface area contributed by atoms with Crippen LogP contribution in [0.15, 0.2) is 48.5 Å². The van der Waals surface area contributed by atoms with E-state index in [9.17, 15) is 9.59 Å². The molecule has 1 unspecified atom stereocenters. The fourth-order valence-electron chi connectivity index (χ4n) is 3.12. The second kappa shape index (κ2) is 8.83. The summed E-state index contributed by atoms with van der Waals surface area (Å²) >= 11 is 0. The Morgan fingerprint density at radius 3 is 2.65 bits per heavy atom. The molecule has 2 aromatic carbocycles. The number of benzene rings is 2. The van der Waals surface area contributed by atoms with Gasteiger partial charge < -0.3 is 16.0 Å². The number of aryl methyl sites for hydroxylation is 1. The molecule has 5 nitrogen and oxygen atoms in total. The van der Waals surface area contributed by atoms with Crippen LogP contribution in [0.4, 0.5) is 5.69 Å². The van der Waals surface area contributed by atoms with E-state index in [0.717, 1.165) is 18.4 Å². The first kappa shape index (κ1) is 19.9. The number of anilines is 1. The number of hydrogen-bond acceptors (Lipinski definition) is 3. The summed E-state index contributed by atoms with van der Waals surface area (Å²) in [5.41, 5.74) is 8.59. The van der Waals surface area contributed by atoms with Crippen LogP contribution in [0.5, 0.6) is 0 Å². The zero-order chi connectivity index (χ0) is 17.8. The molecule has 1 atom stereocenters. The zero-order valence-electron chi connectivity index (χ0n) is 14.8. The molecule has 3 N–H and O–H groups in total. The Morgan fingerprint density at radius 2 is 1.92 bits per heavy atom. The van der Waals surface area contributed by atoms with Crippen LogP contribution in [0.25, 0.3) is 0 Å². The minimum absolute atomic E-state index is 0. The average Bonchev–Trinajstić information content (AvgIpc) is 2.61. The van der Waals surface area contributed by atoms with Gasteiger partial charge in [-0.05, 0) is 44.0 Å². The van der Waals surface area contributed by atoms with Crippen molar-refractivity contribution in [1.82, 2.24) is 4.90 Å². The molecule has 0 spiro atoms. The Kier molecular flexibility index (Phi) is 6.77. The largest absolute Gasteiger partial charge is 0.337 e. The number of carbonyl (C=O) groups excluding carboxylic acids is 2. The lowest BCUT2D eigenvalue weighted by molar-refractivity contribution is 0.0710. The van der Waals surface area contributed by atoms with E-state index < -0.39 is 0 Å². The molecule has 0 radical (unpaired) electrons. The van der Waals surface area contributed by atoms with Gasteiger partial charge in [0.1, 0.15) is 0 Å². The minimum atomic E-state index is -0.223. The van der Waals surface area contributed by atoms with Gasteiger partial charge >= 0.3 is 0 Å². The summed E-state index contributed by atoms with van der Waals surface area (Å²) in [6.45, 7) is 3.19. The number of para-hydroxylation sites is 1. The van der Waals surface area contributed by atoms with Crippen molar-refractivity contribution in [3.05, 3.63) is 65.2 Å². The highest BCUT2D eigenvalue weighted by Crippen LogP contribution is 2.20. The van der Waals surface area contributed by atoms with Gasteiger partial charge in [-0.1, -0.05) is 29.8 Å². The number of nitrogens with zero attached hydrogens (tertiary/aromatic N) is 1. The summed E-state index contributed by atoms with van der Waals surface area (Å²) < 4.78 is 0. The summed E-state index contributed by atoms with van der Waals surface area (Å²) in [6.07, 6.45) is 1.85. The number of amides is 2. The number of likely N-dealkylation sites (tertiary alicyclic amines) is 1. The van der Waals surface area contributed by atoms with Crippen molar-refractivity contribution < 1.29 is 9.59 Å². The van der Waals surface area contributed by atoms with Crippen LogP contribution >= 0.6 is 12.4 Å². The van der Waals surface area contributed by atoms with Crippen molar-refractivity contribution in [1.29, 1.82) is 0 Å². The maximum absolute atomic E-state index is 12.9. The fraction of sp³-hybridized carbons (Fsp3) is 0.300. The Balaban J connectivity index is 0.00000243. The van der Waals surface area contributed by atoms with Gasteiger partial charge in [-0.3, -0.25) is 9.59 Å². The molecule has 26 heavy (non-hydrogen) atoms. The normalized spacial score (nSPS) is 16.5. The van der Waals surface area contributed by atoms with Crippen LogP contribution in [0.1, 0.15) is 39.1 Å². The molecule has 0 saturated carbocycles. The van der Waals surface area contributed by atoms with Crippen molar-refractivity contribution in [3.8, 4) is 0 Å². The van der Waals surface area contributed by atoms with Crippen LogP contribution in [0.3, 0.4) is 0 Å². The van der Waals surface area contributed by atoms with E-state index in [-0.39, 0.29) is 30.3 Å². The Labute approximate surface area is 160 Å². The lowest BCUT2D eigenvalue weighted by atomic mass is 10.0. The third-order valence-electron chi connectivity index (χ3n) is 4.43. The second-order valence-electron chi connectivity index (χ2n) is 6.52. The maximum Gasteiger partial charge on any atom is 0.256 e. The Hall–Kier alpha value is -2.37. The molecule has 1 aliphatic heterocycles. The zero-order valence-corrected chi connectivity index (χ0v) is 15.6. The van der Waals surface area contributed by atoms with Crippen molar-refractivity contribution in [2.75, 3.05) is 18.4 Å². The molecule has 6 heteroatoms. The topological polar surface area (TPSA) is 75.4 Å². The summed E-state index contributed by atoms with van der Waals surface area (Å²) in [6, 6.07) is 14.5. The molecule has 1 aliphatic rings. The highest BCUT2D eigenvalue weighted by atomic mass is 35.5. The van der Waals surface area contributed by atoms with E-state index >= 15 is 0 Å². The summed E-state index contributed by atoms with van der Waals surface area (Å²) in [5, 5.41) is 2.87. The van der Waals surface area contributed by atoms with Crippen LogP contribution in [0, 0.1) is 6.92 Å². The van der Waals surface area contributed by atoms with Gasteiger partial charge in [0.25, 0.3) is 11.8 Å². The molecular weight excluding hydrogens is 350 g/mol. The lowest BCUT2D eigenvalue weighted by Crippen LogP contribution is -2.45. The molecule has 0 aromatic heterocycles. The molecule has 1 heterocycles. The lowest BCUT2D eigenvalue weighted by Gasteiger charge is -2.31. The Morgan fingerprint density at radius 1 is 1.15 bits per heavy atom. The summed E-state index contributed by atoms with van der Waals surface area (Å²) in [4.78, 5) is 27.1. The summed E-state index contributed by atoms with van der Waals surface area (Å²) in [7, 11) is 0. The number of carbonyl (C=O) groups is 2. The van der Waals surface area contributed by atoms with Gasteiger partial charge in [0, 0.05) is 24.7 Å². The molecule has 3 rings (SSSR count). The standard InChI is InChI=1S/C20H23N3O2.ClH/c1-14-6-4-7-15(12-14)19(24)22-18-10-3-2-9-17(18)20(25)23-11-5-8-16(21)13-23;/h2-4,6-7,9-10,12,16H,5,8,11,13,21H2,1H3,(H,22,24);1H. The molecule has 138 valence electrons. The van der Waals surface area contributed by atoms with Gasteiger partial charge in [0.15, 0.2) is 0 Å². The third-order valence-corrected chi connectivity index (χ3v) is 4.43. The van der Waals surface area contributed by atoms with E-state index in [1.54, 1.807) is 29.2 Å². The van der Waals surface area contributed by atoms with Crippen molar-refractivity contribution in [2.24, 2.45) is 5.73 Å². The van der Waals surface area contributed by atoms with Crippen LogP contribution < -0.4 is 11.1 Å². The highest BCUT2D eigenvalue weighted by Gasteiger charge is 2.24. The van der Waals surface area contributed by atoms with Gasteiger partial charge in [-0.2, -0.15) is 0 Å². The molecule has 2 amide bonds. The van der Waals surface area contributed by atoms with E-state index in [1.807, 2.05) is 31.2 Å². The molecule has 0 aliphatic carbocycles. The maximum atomic E-state index is 12.9. The number of nitrogens with one attached hydrogen (secondary N) is 1. The average molecular weight is 374 g/mol. The predicted octanol–water partition coefficient (Wildman–Crippen LogP) is 3.23. The SMILES string of the molecule is Cc1cccc(C(=O)Nc2ccccc2C(=O)N2CCCC(N)C2)c1.Cl. The van der Waals surface area contributed by atoms with Crippen LogP contribution in [0.2, 0.25) is 0 Å². The van der Waals surface area contributed by atoms with Gasteiger partial charge in [-0.15, -0.1) is 12.4 Å². The number of hydrogen-bond donors (Lipinski definition) is 2. The summed E-state index contributed by atoms with van der Waals surface area (Å²) in [5.74, 6) is -0.311.